The molecular weight excluding hydrogens is 158 g/mol. The number of hydrogen-bond donors (Lipinski definition) is 1. The fourth-order valence-corrected chi connectivity index (χ4v) is 1.74. The van der Waals surface area contributed by atoms with Crippen molar-refractivity contribution in [2.75, 3.05) is 0 Å². The maximum Gasteiger partial charge on any atom is 0.00693 e. The van der Waals surface area contributed by atoms with Crippen molar-refractivity contribution in [1.82, 2.24) is 5.32 Å². The van der Waals surface area contributed by atoms with Gasteiger partial charge in [0.15, 0.2) is 0 Å². The fourth-order valence-electron chi connectivity index (χ4n) is 1.74. The molecule has 0 bridgehead atoms. The highest BCUT2D eigenvalue weighted by atomic mass is 14.9. The van der Waals surface area contributed by atoms with E-state index in [0.717, 1.165) is 11.8 Å². The third-order valence-electron chi connectivity index (χ3n) is 3.28. The van der Waals surface area contributed by atoms with E-state index < -0.39 is 0 Å². The zero-order chi connectivity index (χ0) is 10.4. The molecule has 0 aliphatic rings. The largest absolute Gasteiger partial charge is 0.311 e. The minimum absolute atomic E-state index is 0.635. The average molecular weight is 185 g/mol. The fraction of sp³-hybridized carbons (Fsp3) is 1.00. The molecule has 0 aromatic heterocycles. The Balaban J connectivity index is 3.89. The third-order valence-corrected chi connectivity index (χ3v) is 3.28. The smallest absolute Gasteiger partial charge is 0.00693 e. The van der Waals surface area contributed by atoms with Crippen molar-refractivity contribution < 1.29 is 0 Å². The Hall–Kier alpha value is -0.0400. The number of rotatable bonds is 6. The Labute approximate surface area is 84.3 Å². The van der Waals surface area contributed by atoms with Crippen molar-refractivity contribution in [2.24, 2.45) is 11.8 Å². The summed E-state index contributed by atoms with van der Waals surface area (Å²) in [4.78, 5) is 0. The van der Waals surface area contributed by atoms with Crippen LogP contribution >= 0.6 is 0 Å². The minimum Gasteiger partial charge on any atom is -0.311 e. The van der Waals surface area contributed by atoms with Gasteiger partial charge in [-0.15, -0.1) is 0 Å². The Bertz CT molecular complexity index is 116. The summed E-state index contributed by atoms with van der Waals surface area (Å²) in [5.41, 5.74) is 0. The summed E-state index contributed by atoms with van der Waals surface area (Å²) in [7, 11) is 0. The summed E-state index contributed by atoms with van der Waals surface area (Å²) in [6, 6.07) is 1.29. The van der Waals surface area contributed by atoms with Crippen molar-refractivity contribution in [2.45, 2.75) is 66.5 Å². The summed E-state index contributed by atoms with van der Waals surface area (Å²) in [5, 5.41) is 3.68. The van der Waals surface area contributed by atoms with E-state index in [0.29, 0.717) is 12.1 Å². The van der Waals surface area contributed by atoms with Gasteiger partial charge in [-0.2, -0.15) is 0 Å². The molecule has 0 rings (SSSR count). The Kier molecular flexibility index (Phi) is 6.40. The molecular formula is C12H27N. The average Bonchev–Trinajstić information content (AvgIpc) is 2.06. The van der Waals surface area contributed by atoms with Gasteiger partial charge in [0.2, 0.25) is 0 Å². The molecule has 0 spiro atoms. The van der Waals surface area contributed by atoms with Gasteiger partial charge >= 0.3 is 0 Å². The highest BCUT2D eigenvalue weighted by Crippen LogP contribution is 2.14. The SMILES string of the molecule is CCC(CC)C(C)NC(C)C(C)C. The standard InChI is InChI=1S/C12H27N/c1-7-12(8-2)11(6)13-10(5)9(3)4/h9-13H,7-8H2,1-6H3. The van der Waals surface area contributed by atoms with Crippen LogP contribution in [-0.2, 0) is 0 Å². The van der Waals surface area contributed by atoms with Crippen molar-refractivity contribution in [3.05, 3.63) is 0 Å². The van der Waals surface area contributed by atoms with E-state index in [2.05, 4.69) is 46.9 Å². The first-order valence-corrected chi connectivity index (χ1v) is 5.78. The molecule has 2 unspecified atom stereocenters. The molecule has 80 valence electrons. The van der Waals surface area contributed by atoms with Crippen molar-refractivity contribution in [3.63, 3.8) is 0 Å². The minimum atomic E-state index is 0.635. The quantitative estimate of drug-likeness (QED) is 0.668. The molecule has 1 nitrogen and oxygen atoms in total. The van der Waals surface area contributed by atoms with Gasteiger partial charge in [-0.25, -0.2) is 0 Å². The van der Waals surface area contributed by atoms with E-state index in [1.54, 1.807) is 0 Å². The molecule has 0 radical (unpaired) electrons. The summed E-state index contributed by atoms with van der Waals surface area (Å²) in [6.07, 6.45) is 2.57. The zero-order valence-corrected chi connectivity index (χ0v) is 10.2. The van der Waals surface area contributed by atoms with Gasteiger partial charge in [-0.1, -0.05) is 40.5 Å². The molecule has 0 saturated heterocycles. The van der Waals surface area contributed by atoms with Crippen LogP contribution in [-0.4, -0.2) is 12.1 Å². The molecule has 0 amide bonds. The van der Waals surface area contributed by atoms with Crippen LogP contribution in [0.2, 0.25) is 0 Å². The molecule has 0 fully saturated rings. The first-order chi connectivity index (χ1) is 6.02. The van der Waals surface area contributed by atoms with Gasteiger partial charge in [-0.05, 0) is 25.7 Å². The van der Waals surface area contributed by atoms with E-state index in [1.165, 1.54) is 12.8 Å². The van der Waals surface area contributed by atoms with Crippen LogP contribution in [0.25, 0.3) is 0 Å². The topological polar surface area (TPSA) is 12.0 Å². The van der Waals surface area contributed by atoms with Gasteiger partial charge in [0, 0.05) is 12.1 Å². The molecule has 0 aliphatic carbocycles. The van der Waals surface area contributed by atoms with Gasteiger partial charge in [0.1, 0.15) is 0 Å². The lowest BCUT2D eigenvalue weighted by Crippen LogP contribution is -2.41. The van der Waals surface area contributed by atoms with Crippen LogP contribution in [0.4, 0.5) is 0 Å². The lowest BCUT2D eigenvalue weighted by atomic mass is 9.94. The Morgan fingerprint density at radius 3 is 1.62 bits per heavy atom. The first kappa shape index (κ1) is 13.0. The molecule has 0 aromatic rings. The maximum absolute atomic E-state index is 3.68. The summed E-state index contributed by atoms with van der Waals surface area (Å²) >= 11 is 0. The molecule has 1 N–H and O–H groups in total. The second kappa shape index (κ2) is 6.42. The van der Waals surface area contributed by atoms with Crippen LogP contribution in [0, 0.1) is 11.8 Å². The third kappa shape index (κ3) is 4.66. The van der Waals surface area contributed by atoms with Gasteiger partial charge in [-0.3, -0.25) is 0 Å². The highest BCUT2D eigenvalue weighted by Gasteiger charge is 2.16. The molecule has 0 heterocycles. The van der Waals surface area contributed by atoms with E-state index in [1.807, 2.05) is 0 Å². The van der Waals surface area contributed by atoms with E-state index in [4.69, 9.17) is 0 Å². The first-order valence-electron chi connectivity index (χ1n) is 5.78. The molecule has 1 heteroatoms. The van der Waals surface area contributed by atoms with Crippen molar-refractivity contribution >= 4 is 0 Å². The van der Waals surface area contributed by atoms with E-state index in [9.17, 15) is 0 Å². The van der Waals surface area contributed by atoms with E-state index >= 15 is 0 Å². The maximum atomic E-state index is 3.68. The summed E-state index contributed by atoms with van der Waals surface area (Å²) in [6.45, 7) is 13.7. The lowest BCUT2D eigenvalue weighted by Gasteiger charge is -2.28. The Morgan fingerprint density at radius 2 is 1.31 bits per heavy atom. The summed E-state index contributed by atoms with van der Waals surface area (Å²) < 4.78 is 0. The second-order valence-corrected chi connectivity index (χ2v) is 4.56. The monoisotopic (exact) mass is 185 g/mol. The lowest BCUT2D eigenvalue weighted by molar-refractivity contribution is 0.297. The zero-order valence-electron chi connectivity index (χ0n) is 10.2. The molecule has 0 aromatic carbocycles. The van der Waals surface area contributed by atoms with Crippen molar-refractivity contribution in [1.29, 1.82) is 0 Å². The molecule has 0 saturated carbocycles. The highest BCUT2D eigenvalue weighted by molar-refractivity contribution is 4.75. The predicted octanol–water partition coefficient (Wildman–Crippen LogP) is 3.45. The van der Waals surface area contributed by atoms with Crippen LogP contribution in [0.1, 0.15) is 54.4 Å². The van der Waals surface area contributed by atoms with Gasteiger partial charge in [0.25, 0.3) is 0 Å². The van der Waals surface area contributed by atoms with Gasteiger partial charge in [0.05, 0.1) is 0 Å². The molecule has 13 heavy (non-hydrogen) atoms. The predicted molar refractivity (Wildman–Crippen MR) is 61.0 cm³/mol. The summed E-state index contributed by atoms with van der Waals surface area (Å²) in [5.74, 6) is 1.57. The van der Waals surface area contributed by atoms with Crippen LogP contribution in [0.3, 0.4) is 0 Å². The molecule has 0 aliphatic heterocycles. The normalized spacial score (nSPS) is 16.6. The second-order valence-electron chi connectivity index (χ2n) is 4.56. The molecule has 2 atom stereocenters. The number of nitrogens with one attached hydrogen (secondary N) is 1. The van der Waals surface area contributed by atoms with Crippen molar-refractivity contribution in [3.8, 4) is 0 Å². The van der Waals surface area contributed by atoms with E-state index in [-0.39, 0.29) is 0 Å². The number of hydrogen-bond acceptors (Lipinski definition) is 1. The van der Waals surface area contributed by atoms with Gasteiger partial charge < -0.3 is 5.32 Å². The van der Waals surface area contributed by atoms with Crippen LogP contribution in [0.5, 0.6) is 0 Å². The van der Waals surface area contributed by atoms with Crippen LogP contribution in [0.15, 0.2) is 0 Å². The van der Waals surface area contributed by atoms with Crippen LogP contribution < -0.4 is 5.32 Å². The Morgan fingerprint density at radius 1 is 0.846 bits per heavy atom.